The Labute approximate surface area is 134 Å². The van der Waals surface area contributed by atoms with E-state index in [1.54, 1.807) is 12.1 Å². The highest BCUT2D eigenvalue weighted by Gasteiger charge is 2.13. The zero-order chi connectivity index (χ0) is 16.1. The van der Waals surface area contributed by atoms with Crippen LogP contribution in [0.1, 0.15) is 30.8 Å². The molecule has 2 aromatic rings. The van der Waals surface area contributed by atoms with Crippen molar-refractivity contribution in [3.05, 3.63) is 40.7 Å². The van der Waals surface area contributed by atoms with Gasteiger partial charge in [0.05, 0.1) is 12.1 Å². The standard InChI is InChI=1S/C17H21FN2OS/c1-11(2)8-9-19-16(21)10-15-12(3)20-17(22-15)13-4-6-14(18)7-5-13/h4-7,11H,8-10H2,1-3H3,(H,19,21). The first-order valence-electron chi connectivity index (χ1n) is 7.44. The Balaban J connectivity index is 2.00. The van der Waals surface area contributed by atoms with E-state index < -0.39 is 0 Å². The summed E-state index contributed by atoms with van der Waals surface area (Å²) >= 11 is 1.49. The molecule has 0 atom stereocenters. The number of hydrogen-bond acceptors (Lipinski definition) is 3. The second-order valence-corrected chi connectivity index (χ2v) is 6.83. The van der Waals surface area contributed by atoms with E-state index in [9.17, 15) is 9.18 Å². The molecule has 1 aromatic heterocycles. The molecular formula is C17H21FN2OS. The largest absolute Gasteiger partial charge is 0.356 e. The predicted octanol–water partition coefficient (Wildman–Crippen LogP) is 3.96. The first-order chi connectivity index (χ1) is 10.5. The fourth-order valence-electron chi connectivity index (χ4n) is 2.02. The summed E-state index contributed by atoms with van der Waals surface area (Å²) in [4.78, 5) is 17.4. The Bertz CT molecular complexity index is 635. The lowest BCUT2D eigenvalue weighted by Crippen LogP contribution is -2.26. The van der Waals surface area contributed by atoms with Gasteiger partial charge in [-0.15, -0.1) is 11.3 Å². The highest BCUT2D eigenvalue weighted by atomic mass is 32.1. The number of carbonyl (C=O) groups excluding carboxylic acids is 1. The number of thiazole rings is 1. The second-order valence-electron chi connectivity index (χ2n) is 5.74. The summed E-state index contributed by atoms with van der Waals surface area (Å²) in [6.45, 7) is 6.88. The molecule has 5 heteroatoms. The van der Waals surface area contributed by atoms with Gasteiger partial charge in [-0.1, -0.05) is 13.8 Å². The van der Waals surface area contributed by atoms with Gasteiger partial charge in [-0.3, -0.25) is 4.79 Å². The van der Waals surface area contributed by atoms with Crippen molar-refractivity contribution < 1.29 is 9.18 Å². The van der Waals surface area contributed by atoms with Crippen molar-refractivity contribution in [1.82, 2.24) is 10.3 Å². The van der Waals surface area contributed by atoms with Crippen LogP contribution >= 0.6 is 11.3 Å². The van der Waals surface area contributed by atoms with Gasteiger partial charge in [-0.25, -0.2) is 9.37 Å². The monoisotopic (exact) mass is 320 g/mol. The summed E-state index contributed by atoms with van der Waals surface area (Å²) in [5.74, 6) is 0.343. The van der Waals surface area contributed by atoms with Crippen LogP contribution in [-0.4, -0.2) is 17.4 Å². The van der Waals surface area contributed by atoms with Gasteiger partial charge >= 0.3 is 0 Å². The Morgan fingerprint density at radius 1 is 1.32 bits per heavy atom. The predicted molar refractivity (Wildman–Crippen MR) is 88.4 cm³/mol. The minimum Gasteiger partial charge on any atom is -0.356 e. The normalized spacial score (nSPS) is 11.0. The number of rotatable bonds is 6. The second kappa shape index (κ2) is 7.49. The molecule has 1 heterocycles. The topological polar surface area (TPSA) is 42.0 Å². The van der Waals surface area contributed by atoms with E-state index in [-0.39, 0.29) is 11.7 Å². The molecule has 1 N–H and O–H groups in total. The van der Waals surface area contributed by atoms with E-state index in [2.05, 4.69) is 24.1 Å². The summed E-state index contributed by atoms with van der Waals surface area (Å²) < 4.78 is 13.0. The summed E-state index contributed by atoms with van der Waals surface area (Å²) in [6, 6.07) is 6.26. The molecule has 0 spiro atoms. The van der Waals surface area contributed by atoms with Gasteiger partial charge in [0.15, 0.2) is 0 Å². The van der Waals surface area contributed by atoms with Gasteiger partial charge in [0.25, 0.3) is 0 Å². The lowest BCUT2D eigenvalue weighted by molar-refractivity contribution is -0.120. The molecule has 0 saturated heterocycles. The van der Waals surface area contributed by atoms with E-state index in [1.807, 2.05) is 6.92 Å². The number of nitrogens with zero attached hydrogens (tertiary/aromatic N) is 1. The van der Waals surface area contributed by atoms with Crippen LogP contribution in [-0.2, 0) is 11.2 Å². The molecule has 0 aliphatic carbocycles. The Morgan fingerprint density at radius 3 is 2.64 bits per heavy atom. The van der Waals surface area contributed by atoms with Crippen LogP contribution in [0.3, 0.4) is 0 Å². The van der Waals surface area contributed by atoms with Crippen molar-refractivity contribution in [1.29, 1.82) is 0 Å². The number of nitrogens with one attached hydrogen (secondary N) is 1. The molecule has 2 rings (SSSR count). The van der Waals surface area contributed by atoms with Crippen molar-refractivity contribution in [3.8, 4) is 10.6 Å². The minimum absolute atomic E-state index is 0.0260. The van der Waals surface area contributed by atoms with Gasteiger partial charge in [-0.2, -0.15) is 0 Å². The zero-order valence-electron chi connectivity index (χ0n) is 13.1. The summed E-state index contributed by atoms with van der Waals surface area (Å²) in [7, 11) is 0. The number of hydrogen-bond donors (Lipinski definition) is 1. The van der Waals surface area contributed by atoms with Gasteiger partial charge in [0.2, 0.25) is 5.91 Å². The maximum absolute atomic E-state index is 13.0. The van der Waals surface area contributed by atoms with Gasteiger partial charge in [-0.05, 0) is 43.5 Å². The number of amides is 1. The molecular weight excluding hydrogens is 299 g/mol. The van der Waals surface area contributed by atoms with Gasteiger partial charge in [0, 0.05) is 17.0 Å². The molecule has 0 bridgehead atoms. The zero-order valence-corrected chi connectivity index (χ0v) is 14.0. The molecule has 0 fully saturated rings. The summed E-state index contributed by atoms with van der Waals surface area (Å²) in [5, 5.41) is 3.76. The van der Waals surface area contributed by atoms with Gasteiger partial charge < -0.3 is 5.32 Å². The molecule has 0 radical (unpaired) electrons. The molecule has 0 aliphatic rings. The lowest BCUT2D eigenvalue weighted by atomic mass is 10.1. The average molecular weight is 320 g/mol. The molecule has 0 unspecified atom stereocenters. The maximum atomic E-state index is 13.0. The van der Waals surface area contributed by atoms with Crippen molar-refractivity contribution >= 4 is 17.2 Å². The third kappa shape index (κ3) is 4.63. The fraction of sp³-hybridized carbons (Fsp3) is 0.412. The van der Waals surface area contributed by atoms with Crippen LogP contribution < -0.4 is 5.32 Å². The molecule has 0 aliphatic heterocycles. The van der Waals surface area contributed by atoms with Crippen LogP contribution in [0.2, 0.25) is 0 Å². The van der Waals surface area contributed by atoms with Crippen LogP contribution in [0, 0.1) is 18.7 Å². The summed E-state index contributed by atoms with van der Waals surface area (Å²) in [5.41, 5.74) is 1.74. The number of carbonyl (C=O) groups is 1. The van der Waals surface area contributed by atoms with E-state index >= 15 is 0 Å². The Morgan fingerprint density at radius 2 is 2.00 bits per heavy atom. The van der Waals surface area contributed by atoms with E-state index in [0.29, 0.717) is 18.9 Å². The molecule has 3 nitrogen and oxygen atoms in total. The molecule has 0 saturated carbocycles. The molecule has 1 amide bonds. The van der Waals surface area contributed by atoms with E-state index in [0.717, 1.165) is 27.6 Å². The first-order valence-corrected chi connectivity index (χ1v) is 8.26. The van der Waals surface area contributed by atoms with Crippen molar-refractivity contribution in [2.24, 2.45) is 5.92 Å². The quantitative estimate of drug-likeness (QED) is 0.875. The Kier molecular flexibility index (Phi) is 5.66. The number of benzene rings is 1. The highest BCUT2D eigenvalue weighted by Crippen LogP contribution is 2.28. The average Bonchev–Trinajstić information content (AvgIpc) is 2.80. The van der Waals surface area contributed by atoms with Gasteiger partial charge in [0.1, 0.15) is 10.8 Å². The number of aryl methyl sites for hydroxylation is 1. The van der Waals surface area contributed by atoms with Crippen molar-refractivity contribution in [2.75, 3.05) is 6.54 Å². The number of aromatic nitrogens is 1. The number of halogens is 1. The maximum Gasteiger partial charge on any atom is 0.225 e. The van der Waals surface area contributed by atoms with Crippen LogP contribution in [0.5, 0.6) is 0 Å². The summed E-state index contributed by atoms with van der Waals surface area (Å²) in [6.07, 6.45) is 1.33. The SMILES string of the molecule is Cc1nc(-c2ccc(F)cc2)sc1CC(=O)NCCC(C)C. The van der Waals surface area contributed by atoms with Crippen molar-refractivity contribution in [3.63, 3.8) is 0 Å². The van der Waals surface area contributed by atoms with Crippen LogP contribution in [0.25, 0.3) is 10.6 Å². The minimum atomic E-state index is -0.262. The Hall–Kier alpha value is -1.75. The molecule has 1 aromatic carbocycles. The smallest absolute Gasteiger partial charge is 0.225 e. The van der Waals surface area contributed by atoms with Crippen molar-refractivity contribution in [2.45, 2.75) is 33.6 Å². The van der Waals surface area contributed by atoms with E-state index in [4.69, 9.17) is 0 Å². The highest BCUT2D eigenvalue weighted by molar-refractivity contribution is 7.15. The third-order valence-corrected chi connectivity index (χ3v) is 4.56. The third-order valence-electron chi connectivity index (χ3n) is 3.35. The fourth-order valence-corrected chi connectivity index (χ4v) is 3.08. The van der Waals surface area contributed by atoms with Crippen LogP contribution in [0.4, 0.5) is 4.39 Å². The van der Waals surface area contributed by atoms with Crippen LogP contribution in [0.15, 0.2) is 24.3 Å². The molecule has 22 heavy (non-hydrogen) atoms. The molecule has 118 valence electrons. The lowest BCUT2D eigenvalue weighted by Gasteiger charge is -2.06. The van der Waals surface area contributed by atoms with E-state index in [1.165, 1.54) is 23.5 Å². The first kappa shape index (κ1) is 16.6.